The van der Waals surface area contributed by atoms with E-state index in [-0.39, 0.29) is 5.88 Å². The van der Waals surface area contributed by atoms with Crippen LogP contribution in [-0.2, 0) is 0 Å². The monoisotopic (exact) mass is 392 g/mol. The standard InChI is InChI=1S/C17H13ClN2OS3/c1-10-2-6-12(7-3-10)19-15(22)14-16(21)20(17(23)24-14)13-8-4-11(18)5-9-13/h2-9,21H,1H3,(H,19,22). The van der Waals surface area contributed by atoms with Crippen LogP contribution in [0.15, 0.2) is 48.5 Å². The van der Waals surface area contributed by atoms with E-state index < -0.39 is 0 Å². The zero-order chi connectivity index (χ0) is 17.3. The van der Waals surface area contributed by atoms with Gasteiger partial charge in [-0.15, -0.1) is 0 Å². The molecule has 2 N–H and O–H groups in total. The van der Waals surface area contributed by atoms with Crippen LogP contribution in [0.4, 0.5) is 5.69 Å². The van der Waals surface area contributed by atoms with Crippen molar-refractivity contribution in [3.8, 4) is 11.6 Å². The topological polar surface area (TPSA) is 37.2 Å². The quantitative estimate of drug-likeness (QED) is 0.558. The number of aromatic hydroxyl groups is 1. The summed E-state index contributed by atoms with van der Waals surface area (Å²) in [6.07, 6.45) is 0. The maximum atomic E-state index is 10.6. The van der Waals surface area contributed by atoms with E-state index >= 15 is 0 Å². The number of aromatic nitrogens is 1. The number of aryl methyl sites for hydroxylation is 1. The average molecular weight is 393 g/mol. The first-order valence-corrected chi connectivity index (χ1v) is 9.05. The summed E-state index contributed by atoms with van der Waals surface area (Å²) in [5, 5.41) is 14.3. The second kappa shape index (κ2) is 7.03. The van der Waals surface area contributed by atoms with Crippen molar-refractivity contribution >= 4 is 58.0 Å². The molecular formula is C17H13ClN2OS3. The third-order valence-corrected chi connectivity index (χ3v) is 5.46. The Kier molecular flexibility index (Phi) is 5.01. The lowest BCUT2D eigenvalue weighted by Crippen LogP contribution is -2.09. The van der Waals surface area contributed by atoms with Crippen molar-refractivity contribution in [3.63, 3.8) is 0 Å². The second-order valence-corrected chi connectivity index (χ2v) is 7.64. The van der Waals surface area contributed by atoms with Gasteiger partial charge in [-0.2, -0.15) is 0 Å². The molecule has 1 aromatic heterocycles. The number of halogens is 1. The molecule has 0 aliphatic carbocycles. The second-order valence-electron chi connectivity index (χ2n) is 5.15. The van der Waals surface area contributed by atoms with Gasteiger partial charge < -0.3 is 10.4 Å². The number of nitrogens with one attached hydrogen (secondary N) is 1. The van der Waals surface area contributed by atoms with Gasteiger partial charge in [-0.1, -0.05) is 52.9 Å². The number of hydrogen-bond donors (Lipinski definition) is 2. The molecule has 24 heavy (non-hydrogen) atoms. The number of nitrogens with zero attached hydrogens (tertiary/aromatic N) is 1. The highest BCUT2D eigenvalue weighted by molar-refractivity contribution is 7.81. The summed E-state index contributed by atoms with van der Waals surface area (Å²) in [5.74, 6) is 0.0249. The highest BCUT2D eigenvalue weighted by atomic mass is 35.5. The normalized spacial score (nSPS) is 10.6. The molecule has 0 aliphatic heterocycles. The van der Waals surface area contributed by atoms with Gasteiger partial charge in [0.05, 0.1) is 5.69 Å². The molecule has 0 atom stereocenters. The van der Waals surface area contributed by atoms with E-state index in [0.717, 1.165) is 11.4 Å². The Balaban J connectivity index is 1.93. The van der Waals surface area contributed by atoms with Gasteiger partial charge in [-0.3, -0.25) is 4.57 Å². The van der Waals surface area contributed by atoms with Gasteiger partial charge in [-0.05, 0) is 55.5 Å². The predicted molar refractivity (Wildman–Crippen MR) is 108 cm³/mol. The molecule has 0 amide bonds. The van der Waals surface area contributed by atoms with Crippen molar-refractivity contribution in [1.82, 2.24) is 4.57 Å². The van der Waals surface area contributed by atoms with Gasteiger partial charge in [0.2, 0.25) is 5.88 Å². The lowest BCUT2D eigenvalue weighted by atomic mass is 10.2. The Morgan fingerprint density at radius 1 is 1.12 bits per heavy atom. The van der Waals surface area contributed by atoms with Gasteiger partial charge in [-0.25, -0.2) is 0 Å². The van der Waals surface area contributed by atoms with Crippen LogP contribution in [0.5, 0.6) is 5.88 Å². The molecule has 3 rings (SSSR count). The SMILES string of the molecule is Cc1ccc(NC(=S)c2sc(=S)n(-c3ccc(Cl)cc3)c2O)cc1. The van der Waals surface area contributed by atoms with Crippen molar-refractivity contribution in [1.29, 1.82) is 0 Å². The van der Waals surface area contributed by atoms with E-state index in [4.69, 9.17) is 36.0 Å². The largest absolute Gasteiger partial charge is 0.493 e. The van der Waals surface area contributed by atoms with Gasteiger partial charge in [0, 0.05) is 10.7 Å². The smallest absolute Gasteiger partial charge is 0.218 e. The van der Waals surface area contributed by atoms with Crippen LogP contribution in [0.3, 0.4) is 0 Å². The van der Waals surface area contributed by atoms with Gasteiger partial charge in [0.1, 0.15) is 9.87 Å². The van der Waals surface area contributed by atoms with Crippen molar-refractivity contribution in [3.05, 3.63) is 67.9 Å². The summed E-state index contributed by atoms with van der Waals surface area (Å²) in [7, 11) is 0. The first-order valence-electron chi connectivity index (χ1n) is 7.04. The number of anilines is 1. The molecule has 0 spiro atoms. The number of thiazole rings is 1. The van der Waals surface area contributed by atoms with E-state index in [1.54, 1.807) is 28.8 Å². The van der Waals surface area contributed by atoms with Gasteiger partial charge in [0.15, 0.2) is 3.95 Å². The zero-order valence-electron chi connectivity index (χ0n) is 12.6. The molecule has 0 unspecified atom stereocenters. The first-order chi connectivity index (χ1) is 11.5. The fourth-order valence-electron chi connectivity index (χ4n) is 2.16. The number of thiocarbonyl (C=S) groups is 1. The third kappa shape index (κ3) is 3.52. The van der Waals surface area contributed by atoms with Crippen LogP contribution in [0, 0.1) is 10.9 Å². The maximum absolute atomic E-state index is 10.6. The number of benzene rings is 2. The molecule has 0 bridgehead atoms. The van der Waals surface area contributed by atoms with Gasteiger partial charge in [0.25, 0.3) is 0 Å². The van der Waals surface area contributed by atoms with E-state index in [1.165, 1.54) is 16.9 Å². The molecule has 0 saturated carbocycles. The Labute approximate surface area is 159 Å². The summed E-state index contributed by atoms with van der Waals surface area (Å²) >= 11 is 18.0. The molecule has 122 valence electrons. The van der Waals surface area contributed by atoms with E-state index in [1.807, 2.05) is 31.2 Å². The first kappa shape index (κ1) is 17.1. The molecule has 0 aliphatic rings. The molecule has 0 fully saturated rings. The minimum atomic E-state index is 0.0249. The van der Waals surface area contributed by atoms with Crippen LogP contribution >= 0.6 is 47.4 Å². The van der Waals surface area contributed by atoms with Crippen molar-refractivity contribution in [2.45, 2.75) is 6.92 Å². The third-order valence-electron chi connectivity index (χ3n) is 3.39. The summed E-state index contributed by atoms with van der Waals surface area (Å²) in [4.78, 5) is 0.964. The highest BCUT2D eigenvalue weighted by Crippen LogP contribution is 2.31. The summed E-state index contributed by atoms with van der Waals surface area (Å²) in [5.41, 5.74) is 2.77. The van der Waals surface area contributed by atoms with E-state index in [0.29, 0.717) is 18.8 Å². The Morgan fingerprint density at radius 2 is 1.75 bits per heavy atom. The number of hydrogen-bond acceptors (Lipinski definition) is 4. The molecule has 0 saturated heterocycles. The molecular weight excluding hydrogens is 380 g/mol. The maximum Gasteiger partial charge on any atom is 0.218 e. The van der Waals surface area contributed by atoms with Crippen LogP contribution in [0.2, 0.25) is 5.02 Å². The molecule has 7 heteroatoms. The van der Waals surface area contributed by atoms with E-state index in [9.17, 15) is 5.11 Å². The summed E-state index contributed by atoms with van der Waals surface area (Å²) < 4.78 is 2.09. The average Bonchev–Trinajstić information content (AvgIpc) is 2.85. The van der Waals surface area contributed by atoms with Crippen molar-refractivity contribution in [2.24, 2.45) is 0 Å². The minimum absolute atomic E-state index is 0.0249. The Hall–Kier alpha value is -1.73. The molecule has 0 radical (unpaired) electrons. The fourth-order valence-corrected chi connectivity index (χ4v) is 3.84. The van der Waals surface area contributed by atoms with Crippen LogP contribution in [0.25, 0.3) is 5.69 Å². The van der Waals surface area contributed by atoms with Crippen molar-refractivity contribution < 1.29 is 5.11 Å². The molecule has 1 heterocycles. The lowest BCUT2D eigenvalue weighted by molar-refractivity contribution is 0.441. The Bertz CT molecular complexity index is 943. The lowest BCUT2D eigenvalue weighted by Gasteiger charge is -2.08. The van der Waals surface area contributed by atoms with E-state index in [2.05, 4.69) is 5.32 Å². The van der Waals surface area contributed by atoms with Crippen molar-refractivity contribution in [2.75, 3.05) is 5.32 Å². The van der Waals surface area contributed by atoms with Crippen LogP contribution in [-0.4, -0.2) is 14.7 Å². The molecule has 3 nitrogen and oxygen atoms in total. The number of rotatable bonds is 3. The van der Waals surface area contributed by atoms with Crippen LogP contribution < -0.4 is 5.32 Å². The summed E-state index contributed by atoms with van der Waals surface area (Å²) in [6.45, 7) is 2.02. The minimum Gasteiger partial charge on any atom is -0.493 e. The van der Waals surface area contributed by atoms with Gasteiger partial charge >= 0.3 is 0 Å². The molecule has 2 aromatic carbocycles. The highest BCUT2D eigenvalue weighted by Gasteiger charge is 2.17. The fraction of sp³-hybridized carbons (Fsp3) is 0.0588. The Morgan fingerprint density at radius 3 is 2.38 bits per heavy atom. The zero-order valence-corrected chi connectivity index (χ0v) is 15.8. The summed E-state index contributed by atoms with van der Waals surface area (Å²) in [6, 6.07) is 15.0. The predicted octanol–water partition coefficient (Wildman–Crippen LogP) is 5.72. The van der Waals surface area contributed by atoms with Crippen LogP contribution in [0.1, 0.15) is 10.4 Å². The molecule has 3 aromatic rings.